The number of carbonyl (C=O) groups is 1. The highest BCUT2D eigenvalue weighted by Crippen LogP contribution is 2.36. The molecule has 0 aromatic heterocycles. The summed E-state index contributed by atoms with van der Waals surface area (Å²) < 4.78 is 17.7. The number of carbonyl (C=O) groups excluding carboxylic acids is 1. The van der Waals surface area contributed by atoms with Gasteiger partial charge in [-0.2, -0.15) is 0 Å². The minimum absolute atomic E-state index is 0.349. The Morgan fingerprint density at radius 2 is 1.81 bits per heavy atom. The molecule has 2 rings (SSSR count). The fourth-order valence-corrected chi connectivity index (χ4v) is 2.55. The zero-order valence-corrected chi connectivity index (χ0v) is 17.0. The summed E-state index contributed by atoms with van der Waals surface area (Å²) in [6.45, 7) is 17.7. The summed E-state index contributed by atoms with van der Waals surface area (Å²) in [7, 11) is -0.482. The largest absolute Gasteiger partial charge is 0.494 e. The van der Waals surface area contributed by atoms with Gasteiger partial charge in [0.2, 0.25) is 0 Å². The first kappa shape index (κ1) is 20.5. The number of rotatable bonds is 4. The van der Waals surface area contributed by atoms with Crippen LogP contribution in [0.1, 0.15) is 48.5 Å². The van der Waals surface area contributed by atoms with Gasteiger partial charge in [-0.15, -0.1) is 6.58 Å². The minimum Gasteiger partial charge on any atom is -0.443 e. The van der Waals surface area contributed by atoms with Crippen molar-refractivity contribution >= 4 is 24.4 Å². The summed E-state index contributed by atoms with van der Waals surface area (Å²) in [4.78, 5) is 14.1. The summed E-state index contributed by atoms with van der Waals surface area (Å²) >= 11 is 0. The lowest BCUT2D eigenvalue weighted by molar-refractivity contribution is 0.00578. The molecule has 1 amide bonds. The molecule has 26 heavy (non-hydrogen) atoms. The average Bonchev–Trinajstić information content (AvgIpc) is 2.71. The van der Waals surface area contributed by atoms with Crippen molar-refractivity contribution in [2.75, 3.05) is 11.4 Å². The Balaban J connectivity index is 2.29. The lowest BCUT2D eigenvalue weighted by Crippen LogP contribution is -2.41. The second-order valence-corrected chi connectivity index (χ2v) is 8.56. The van der Waals surface area contributed by atoms with Crippen molar-refractivity contribution in [1.82, 2.24) is 0 Å². The molecule has 6 heteroatoms. The first-order chi connectivity index (χ1) is 11.9. The molecule has 1 aliphatic heterocycles. The van der Waals surface area contributed by atoms with E-state index in [9.17, 15) is 4.79 Å². The van der Waals surface area contributed by atoms with Crippen LogP contribution in [0.25, 0.3) is 0 Å². The molecule has 1 saturated heterocycles. The van der Waals surface area contributed by atoms with Gasteiger partial charge in [-0.3, -0.25) is 4.90 Å². The molecule has 1 heterocycles. The van der Waals surface area contributed by atoms with Crippen LogP contribution in [0, 0.1) is 0 Å². The number of ether oxygens (including phenoxy) is 1. The highest BCUT2D eigenvalue weighted by Gasteiger charge is 2.51. The van der Waals surface area contributed by atoms with Crippen molar-refractivity contribution in [3.63, 3.8) is 0 Å². The van der Waals surface area contributed by atoms with Crippen LogP contribution in [0.15, 0.2) is 36.9 Å². The summed E-state index contributed by atoms with van der Waals surface area (Å²) in [6, 6.07) is 7.58. The fraction of sp³-hybridized carbons (Fsp3) is 0.550. The van der Waals surface area contributed by atoms with E-state index in [1.54, 1.807) is 11.0 Å². The zero-order chi connectivity index (χ0) is 19.8. The van der Waals surface area contributed by atoms with E-state index in [-0.39, 0.29) is 0 Å². The minimum atomic E-state index is -0.570. The van der Waals surface area contributed by atoms with E-state index >= 15 is 0 Å². The molecule has 142 valence electrons. The normalized spacial score (nSPS) is 18.5. The number of anilines is 1. The van der Waals surface area contributed by atoms with E-state index in [0.29, 0.717) is 12.2 Å². The van der Waals surface area contributed by atoms with Crippen LogP contribution in [-0.4, -0.2) is 36.6 Å². The molecular formula is C20H30BNO4. The number of benzene rings is 1. The van der Waals surface area contributed by atoms with Gasteiger partial charge in [-0.05, 0) is 66.1 Å². The van der Waals surface area contributed by atoms with Crippen molar-refractivity contribution in [2.24, 2.45) is 0 Å². The first-order valence-electron chi connectivity index (χ1n) is 8.93. The van der Waals surface area contributed by atoms with Crippen LogP contribution < -0.4 is 10.4 Å². The molecule has 0 N–H and O–H groups in total. The highest BCUT2D eigenvalue weighted by atomic mass is 16.7. The van der Waals surface area contributed by atoms with Gasteiger partial charge in [0.25, 0.3) is 0 Å². The topological polar surface area (TPSA) is 48.0 Å². The van der Waals surface area contributed by atoms with Crippen molar-refractivity contribution < 1.29 is 18.8 Å². The van der Waals surface area contributed by atoms with Crippen LogP contribution >= 0.6 is 0 Å². The molecule has 1 aromatic rings. The molecule has 0 bridgehead atoms. The standard InChI is InChI=1S/C20H30BNO4/c1-9-13-22(17(23)24-18(2,3)4)16-12-10-11-15(14-16)21-25-19(5,6)20(7,8)26-21/h9-12,14H,1,13H2,2-8H3. The molecule has 0 spiro atoms. The predicted octanol–water partition coefficient (Wildman–Crippen LogP) is 3.91. The lowest BCUT2D eigenvalue weighted by atomic mass is 9.79. The van der Waals surface area contributed by atoms with Crippen molar-refractivity contribution in [3.8, 4) is 0 Å². The van der Waals surface area contributed by atoms with Crippen LogP contribution in [0.3, 0.4) is 0 Å². The van der Waals surface area contributed by atoms with Crippen LogP contribution in [0.5, 0.6) is 0 Å². The number of amides is 1. The average molecular weight is 359 g/mol. The maximum absolute atomic E-state index is 12.6. The summed E-state index contributed by atoms with van der Waals surface area (Å²) in [5.74, 6) is 0. The molecule has 0 atom stereocenters. The number of nitrogens with zero attached hydrogens (tertiary/aromatic N) is 1. The monoisotopic (exact) mass is 359 g/mol. The Labute approximate surface area is 157 Å². The van der Waals surface area contributed by atoms with Crippen molar-refractivity contribution in [1.29, 1.82) is 0 Å². The lowest BCUT2D eigenvalue weighted by Gasteiger charge is -2.32. The van der Waals surface area contributed by atoms with Crippen LogP contribution in [-0.2, 0) is 14.0 Å². The molecule has 0 aliphatic carbocycles. The molecule has 0 radical (unpaired) electrons. The van der Waals surface area contributed by atoms with Gasteiger partial charge in [0.15, 0.2) is 0 Å². The maximum Gasteiger partial charge on any atom is 0.494 e. The fourth-order valence-electron chi connectivity index (χ4n) is 2.55. The van der Waals surface area contributed by atoms with Gasteiger partial charge >= 0.3 is 13.2 Å². The van der Waals surface area contributed by atoms with Gasteiger partial charge in [0.1, 0.15) is 5.60 Å². The SMILES string of the molecule is C=CCN(C(=O)OC(C)(C)C)c1cccc(B2OC(C)(C)C(C)(C)O2)c1. The van der Waals surface area contributed by atoms with E-state index in [0.717, 1.165) is 5.46 Å². The van der Waals surface area contributed by atoms with E-state index in [4.69, 9.17) is 14.0 Å². The quantitative estimate of drug-likeness (QED) is 0.604. The van der Waals surface area contributed by atoms with Gasteiger partial charge in [0, 0.05) is 12.2 Å². The van der Waals surface area contributed by atoms with Gasteiger partial charge in [-0.25, -0.2) is 4.79 Å². The zero-order valence-electron chi connectivity index (χ0n) is 17.0. The third-order valence-electron chi connectivity index (χ3n) is 4.63. The Morgan fingerprint density at radius 3 is 2.31 bits per heavy atom. The first-order valence-corrected chi connectivity index (χ1v) is 8.93. The third kappa shape index (κ3) is 4.49. The Morgan fingerprint density at radius 1 is 1.23 bits per heavy atom. The number of hydrogen-bond acceptors (Lipinski definition) is 4. The van der Waals surface area contributed by atoms with Crippen molar-refractivity contribution in [2.45, 2.75) is 65.3 Å². The predicted molar refractivity (Wildman–Crippen MR) is 106 cm³/mol. The summed E-state index contributed by atoms with van der Waals surface area (Å²) in [6.07, 6.45) is 1.26. The molecule has 1 fully saturated rings. The molecular weight excluding hydrogens is 329 g/mol. The molecule has 5 nitrogen and oxygen atoms in total. The highest BCUT2D eigenvalue weighted by molar-refractivity contribution is 6.62. The Kier molecular flexibility index (Phi) is 5.59. The van der Waals surface area contributed by atoms with Crippen molar-refractivity contribution in [3.05, 3.63) is 36.9 Å². The van der Waals surface area contributed by atoms with Gasteiger partial charge < -0.3 is 14.0 Å². The maximum atomic E-state index is 12.6. The van der Waals surface area contributed by atoms with E-state index < -0.39 is 30.0 Å². The second kappa shape index (κ2) is 7.08. The van der Waals surface area contributed by atoms with E-state index in [2.05, 4.69) is 6.58 Å². The van der Waals surface area contributed by atoms with E-state index in [1.165, 1.54) is 0 Å². The summed E-state index contributed by atoms with van der Waals surface area (Å²) in [5, 5.41) is 0. The van der Waals surface area contributed by atoms with Gasteiger partial charge in [0.05, 0.1) is 11.2 Å². The molecule has 0 saturated carbocycles. The smallest absolute Gasteiger partial charge is 0.443 e. The molecule has 1 aliphatic rings. The second-order valence-electron chi connectivity index (χ2n) is 8.56. The molecule has 0 unspecified atom stereocenters. The Bertz CT molecular complexity index is 663. The van der Waals surface area contributed by atoms with Crippen LogP contribution in [0.4, 0.5) is 10.5 Å². The van der Waals surface area contributed by atoms with E-state index in [1.807, 2.05) is 72.7 Å². The number of hydrogen-bond donors (Lipinski definition) is 0. The Hall–Kier alpha value is -1.79. The summed E-state index contributed by atoms with van der Waals surface area (Å²) in [5.41, 5.74) is 0.171. The van der Waals surface area contributed by atoms with Crippen LogP contribution in [0.2, 0.25) is 0 Å². The third-order valence-corrected chi connectivity index (χ3v) is 4.63. The molecule has 1 aromatic carbocycles. The van der Waals surface area contributed by atoms with Gasteiger partial charge in [-0.1, -0.05) is 18.2 Å².